The Morgan fingerprint density at radius 3 is 2.20 bits per heavy atom. The van der Waals surface area contributed by atoms with Crippen molar-refractivity contribution in [3.05, 3.63) is 35.1 Å². The van der Waals surface area contributed by atoms with Crippen molar-refractivity contribution in [3.63, 3.8) is 0 Å². The second kappa shape index (κ2) is 3.52. The number of benzene rings is 1. The fourth-order valence-electron chi connectivity index (χ4n) is 1.24. The molecule has 0 fully saturated rings. The van der Waals surface area contributed by atoms with Gasteiger partial charge in [0.2, 0.25) is 0 Å². The predicted molar refractivity (Wildman–Crippen MR) is 53.3 cm³/mol. The van der Waals surface area contributed by atoms with E-state index in [2.05, 4.69) is 0 Å². The maximum atomic E-state index is 13.7. The molecule has 0 unspecified atom stereocenters. The Morgan fingerprint density at radius 2 is 1.73 bits per heavy atom. The first-order valence-electron chi connectivity index (χ1n) is 4.60. The molecule has 84 valence electrons. The third-order valence-corrected chi connectivity index (χ3v) is 2.34. The van der Waals surface area contributed by atoms with Gasteiger partial charge in [-0.05, 0) is 32.4 Å². The lowest BCUT2D eigenvalue weighted by molar-refractivity contribution is -0.0701. The summed E-state index contributed by atoms with van der Waals surface area (Å²) in [6, 6.07) is 3.91. The lowest BCUT2D eigenvalue weighted by Crippen LogP contribution is -2.49. The number of aryl methyl sites for hydroxylation is 1. The third kappa shape index (κ3) is 2.00. The normalized spacial score (nSPS) is 13.0. The van der Waals surface area contributed by atoms with Gasteiger partial charge in [-0.15, -0.1) is 0 Å². The molecule has 0 amide bonds. The van der Waals surface area contributed by atoms with Crippen LogP contribution in [0.2, 0.25) is 0 Å². The minimum Gasteiger partial charge on any atom is -0.320 e. The van der Waals surface area contributed by atoms with E-state index in [1.54, 1.807) is 0 Å². The molecule has 15 heavy (non-hydrogen) atoms. The van der Waals surface area contributed by atoms with Crippen molar-refractivity contribution in [2.75, 3.05) is 0 Å². The lowest BCUT2D eigenvalue weighted by atomic mass is 9.90. The van der Waals surface area contributed by atoms with E-state index >= 15 is 0 Å². The Bertz CT molecular complexity index is 367. The summed E-state index contributed by atoms with van der Waals surface area (Å²) in [5.74, 6) is -4.27. The first kappa shape index (κ1) is 12.0. The van der Waals surface area contributed by atoms with Crippen molar-refractivity contribution in [1.29, 1.82) is 0 Å². The van der Waals surface area contributed by atoms with Crippen LogP contribution in [0.1, 0.15) is 25.0 Å². The molecule has 1 nitrogen and oxygen atoms in total. The van der Waals surface area contributed by atoms with Crippen LogP contribution in [0.5, 0.6) is 0 Å². The van der Waals surface area contributed by atoms with Gasteiger partial charge >= 0.3 is 0 Å². The molecule has 0 saturated heterocycles. The van der Waals surface area contributed by atoms with Gasteiger partial charge in [0, 0.05) is 0 Å². The summed E-state index contributed by atoms with van der Waals surface area (Å²) >= 11 is 0. The molecule has 0 bridgehead atoms. The minimum absolute atomic E-state index is 0.191. The van der Waals surface area contributed by atoms with Gasteiger partial charge < -0.3 is 5.73 Å². The van der Waals surface area contributed by atoms with Crippen LogP contribution >= 0.6 is 0 Å². The van der Waals surface area contributed by atoms with Crippen molar-refractivity contribution in [2.45, 2.75) is 32.2 Å². The van der Waals surface area contributed by atoms with E-state index in [1.807, 2.05) is 0 Å². The highest BCUT2D eigenvalue weighted by Crippen LogP contribution is 2.38. The first-order chi connectivity index (χ1) is 6.68. The van der Waals surface area contributed by atoms with Gasteiger partial charge in [-0.1, -0.05) is 12.1 Å². The van der Waals surface area contributed by atoms with Crippen molar-refractivity contribution in [1.82, 2.24) is 0 Å². The number of halogens is 3. The summed E-state index contributed by atoms with van der Waals surface area (Å²) in [6.45, 7) is 3.79. The van der Waals surface area contributed by atoms with Gasteiger partial charge in [0.25, 0.3) is 5.92 Å². The topological polar surface area (TPSA) is 26.0 Å². The molecular weight excluding hydrogens is 203 g/mol. The Kier molecular flexibility index (Phi) is 2.83. The highest BCUT2D eigenvalue weighted by Gasteiger charge is 2.47. The molecule has 4 heteroatoms. The minimum atomic E-state index is -3.39. The Morgan fingerprint density at radius 1 is 1.20 bits per heavy atom. The van der Waals surface area contributed by atoms with Crippen LogP contribution in [-0.2, 0) is 5.92 Å². The predicted octanol–water partition coefficient (Wildman–Crippen LogP) is 2.96. The number of nitrogens with two attached hydrogens (primary N) is 1. The highest BCUT2D eigenvalue weighted by atomic mass is 19.3. The smallest absolute Gasteiger partial charge is 0.293 e. The largest absolute Gasteiger partial charge is 0.320 e. The average Bonchev–Trinajstić information content (AvgIpc) is 2.07. The van der Waals surface area contributed by atoms with Crippen LogP contribution in [-0.4, -0.2) is 5.54 Å². The number of rotatable bonds is 2. The number of hydrogen-bond donors (Lipinski definition) is 1. The lowest BCUT2D eigenvalue weighted by Gasteiger charge is -2.30. The molecule has 0 aliphatic rings. The van der Waals surface area contributed by atoms with Crippen LogP contribution in [0.3, 0.4) is 0 Å². The molecule has 1 aromatic carbocycles. The van der Waals surface area contributed by atoms with Gasteiger partial charge in [-0.25, -0.2) is 4.39 Å². The van der Waals surface area contributed by atoms with E-state index in [9.17, 15) is 13.2 Å². The fraction of sp³-hybridized carbons (Fsp3) is 0.455. The molecule has 0 atom stereocenters. The molecule has 1 aromatic rings. The summed E-state index contributed by atoms with van der Waals surface area (Å²) < 4.78 is 41.0. The number of alkyl halides is 2. The molecule has 0 aliphatic heterocycles. The molecule has 0 radical (unpaired) electrons. The highest BCUT2D eigenvalue weighted by molar-refractivity contribution is 5.30. The second-order valence-electron chi connectivity index (χ2n) is 4.23. The SMILES string of the molecule is Cc1cccc(C(F)(F)C(C)(C)N)c1F. The maximum Gasteiger partial charge on any atom is 0.293 e. The van der Waals surface area contributed by atoms with Gasteiger partial charge in [-0.3, -0.25) is 0 Å². The average molecular weight is 217 g/mol. The van der Waals surface area contributed by atoms with E-state index in [0.29, 0.717) is 0 Å². The summed E-state index contributed by atoms with van der Waals surface area (Å²) in [5.41, 5.74) is 3.11. The zero-order valence-corrected chi connectivity index (χ0v) is 8.94. The van der Waals surface area contributed by atoms with E-state index in [-0.39, 0.29) is 5.56 Å². The number of hydrogen-bond acceptors (Lipinski definition) is 1. The van der Waals surface area contributed by atoms with Crippen molar-refractivity contribution >= 4 is 0 Å². The Balaban J connectivity index is 3.34. The van der Waals surface area contributed by atoms with Crippen molar-refractivity contribution < 1.29 is 13.2 Å². The molecule has 0 aromatic heterocycles. The van der Waals surface area contributed by atoms with Gasteiger partial charge in [-0.2, -0.15) is 8.78 Å². The maximum absolute atomic E-state index is 13.7. The monoisotopic (exact) mass is 217 g/mol. The molecule has 0 aliphatic carbocycles. The van der Waals surface area contributed by atoms with Gasteiger partial charge in [0.15, 0.2) is 0 Å². The summed E-state index contributed by atoms with van der Waals surface area (Å²) in [5, 5.41) is 0. The van der Waals surface area contributed by atoms with Crippen LogP contribution in [0, 0.1) is 12.7 Å². The summed E-state index contributed by atoms with van der Waals surface area (Å²) in [4.78, 5) is 0. The molecular formula is C11H14F3N. The van der Waals surface area contributed by atoms with Crippen LogP contribution in [0.4, 0.5) is 13.2 Å². The molecule has 0 heterocycles. The van der Waals surface area contributed by atoms with Crippen LogP contribution < -0.4 is 5.73 Å². The molecule has 1 rings (SSSR count). The Hall–Kier alpha value is -1.03. The third-order valence-electron chi connectivity index (χ3n) is 2.34. The van der Waals surface area contributed by atoms with E-state index in [1.165, 1.54) is 32.9 Å². The molecule has 2 N–H and O–H groups in total. The molecule has 0 saturated carbocycles. The summed E-state index contributed by atoms with van der Waals surface area (Å²) in [7, 11) is 0. The zero-order valence-electron chi connectivity index (χ0n) is 8.94. The van der Waals surface area contributed by atoms with E-state index in [0.717, 1.165) is 6.07 Å². The van der Waals surface area contributed by atoms with Gasteiger partial charge in [0.05, 0.1) is 11.1 Å². The van der Waals surface area contributed by atoms with Crippen LogP contribution in [0.15, 0.2) is 18.2 Å². The zero-order chi connectivity index (χ0) is 11.9. The van der Waals surface area contributed by atoms with Gasteiger partial charge in [0.1, 0.15) is 5.82 Å². The fourth-order valence-corrected chi connectivity index (χ4v) is 1.24. The van der Waals surface area contributed by atoms with E-state index in [4.69, 9.17) is 5.73 Å². The summed E-state index contributed by atoms with van der Waals surface area (Å²) in [6.07, 6.45) is 0. The van der Waals surface area contributed by atoms with Crippen LogP contribution in [0.25, 0.3) is 0 Å². The second-order valence-corrected chi connectivity index (χ2v) is 4.23. The van der Waals surface area contributed by atoms with Crippen molar-refractivity contribution in [2.24, 2.45) is 5.73 Å². The molecule has 0 spiro atoms. The standard InChI is InChI=1S/C11H14F3N/c1-7-5-4-6-8(9(7)12)11(13,14)10(2,3)15/h4-6H,15H2,1-3H3. The first-order valence-corrected chi connectivity index (χ1v) is 4.60. The van der Waals surface area contributed by atoms with Crippen molar-refractivity contribution in [3.8, 4) is 0 Å². The van der Waals surface area contributed by atoms with E-state index < -0.39 is 22.8 Å². The quantitative estimate of drug-likeness (QED) is 0.809. The Labute approximate surface area is 87.1 Å².